The van der Waals surface area contributed by atoms with Gasteiger partial charge in [0.1, 0.15) is 10.7 Å². The van der Waals surface area contributed by atoms with Crippen LogP contribution >= 0.6 is 11.3 Å². The van der Waals surface area contributed by atoms with Crippen molar-refractivity contribution < 1.29 is 19.1 Å². The van der Waals surface area contributed by atoms with Crippen molar-refractivity contribution in [2.75, 3.05) is 40.5 Å². The fourth-order valence-corrected chi connectivity index (χ4v) is 3.20. The molecule has 8 heteroatoms. The van der Waals surface area contributed by atoms with Gasteiger partial charge in [0.2, 0.25) is 5.91 Å². The Labute approximate surface area is 152 Å². The molecular formula is C17H27N3O4S. The molecule has 0 unspecified atom stereocenters. The lowest BCUT2D eigenvalue weighted by molar-refractivity contribution is -0.133. The van der Waals surface area contributed by atoms with Crippen LogP contribution in [0.4, 0.5) is 0 Å². The number of aromatic nitrogens is 1. The SMILES string of the molecule is COCCCNC(=O)c1csc(CN(CCCOC)C(=O)C2CC2)n1. The summed E-state index contributed by atoms with van der Waals surface area (Å²) < 4.78 is 10.0. The third kappa shape index (κ3) is 6.72. The maximum atomic E-state index is 12.4. The summed E-state index contributed by atoms with van der Waals surface area (Å²) >= 11 is 1.42. The van der Waals surface area contributed by atoms with Crippen molar-refractivity contribution in [3.05, 3.63) is 16.1 Å². The van der Waals surface area contributed by atoms with Crippen LogP contribution in [-0.2, 0) is 20.8 Å². The van der Waals surface area contributed by atoms with E-state index >= 15 is 0 Å². The molecule has 0 radical (unpaired) electrons. The Morgan fingerprint density at radius 3 is 2.68 bits per heavy atom. The predicted octanol–water partition coefficient (Wildman–Crippen LogP) is 1.68. The molecule has 1 aromatic heterocycles. The van der Waals surface area contributed by atoms with Crippen LogP contribution in [0.25, 0.3) is 0 Å². The van der Waals surface area contributed by atoms with E-state index in [1.807, 2.05) is 4.90 Å². The van der Waals surface area contributed by atoms with Gasteiger partial charge in [0, 0.05) is 51.8 Å². The van der Waals surface area contributed by atoms with Crippen LogP contribution in [0.15, 0.2) is 5.38 Å². The zero-order valence-corrected chi connectivity index (χ0v) is 15.8. The second kappa shape index (κ2) is 10.5. The molecular weight excluding hydrogens is 342 g/mol. The first kappa shape index (κ1) is 19.8. The number of ether oxygens (including phenoxy) is 2. The van der Waals surface area contributed by atoms with Crippen LogP contribution in [0.5, 0.6) is 0 Å². The molecule has 1 aromatic rings. The number of nitrogens with one attached hydrogen (secondary N) is 1. The quantitative estimate of drug-likeness (QED) is 0.567. The Morgan fingerprint density at radius 1 is 1.28 bits per heavy atom. The summed E-state index contributed by atoms with van der Waals surface area (Å²) in [6.45, 7) is 2.91. The first-order valence-corrected chi connectivity index (χ1v) is 9.53. The van der Waals surface area contributed by atoms with Gasteiger partial charge in [0.25, 0.3) is 5.91 Å². The van der Waals surface area contributed by atoms with Crippen molar-refractivity contribution in [2.24, 2.45) is 5.92 Å². The van der Waals surface area contributed by atoms with E-state index < -0.39 is 0 Å². The average molecular weight is 369 g/mol. The zero-order valence-electron chi connectivity index (χ0n) is 15.0. The van der Waals surface area contributed by atoms with Crippen LogP contribution in [0.3, 0.4) is 0 Å². The zero-order chi connectivity index (χ0) is 18.1. The molecule has 2 rings (SSSR count). The number of carbonyl (C=O) groups is 2. The molecule has 0 bridgehead atoms. The molecule has 0 aliphatic heterocycles. The van der Waals surface area contributed by atoms with Gasteiger partial charge in [0.15, 0.2) is 0 Å². The molecule has 0 spiro atoms. The number of carbonyl (C=O) groups excluding carboxylic acids is 2. The van der Waals surface area contributed by atoms with E-state index in [9.17, 15) is 9.59 Å². The van der Waals surface area contributed by atoms with Gasteiger partial charge in [-0.1, -0.05) is 0 Å². The second-order valence-electron chi connectivity index (χ2n) is 6.11. The van der Waals surface area contributed by atoms with Gasteiger partial charge >= 0.3 is 0 Å². The minimum absolute atomic E-state index is 0.172. The second-order valence-corrected chi connectivity index (χ2v) is 7.05. The molecule has 1 N–H and O–H groups in total. The molecule has 1 saturated carbocycles. The van der Waals surface area contributed by atoms with Gasteiger partial charge in [-0.2, -0.15) is 0 Å². The summed E-state index contributed by atoms with van der Waals surface area (Å²) in [4.78, 5) is 30.7. The van der Waals surface area contributed by atoms with E-state index in [0.29, 0.717) is 38.5 Å². The van der Waals surface area contributed by atoms with Gasteiger partial charge < -0.3 is 19.7 Å². The fraction of sp³-hybridized carbons (Fsp3) is 0.706. The van der Waals surface area contributed by atoms with E-state index in [2.05, 4.69) is 10.3 Å². The highest BCUT2D eigenvalue weighted by atomic mass is 32.1. The van der Waals surface area contributed by atoms with Gasteiger partial charge in [-0.3, -0.25) is 9.59 Å². The first-order valence-electron chi connectivity index (χ1n) is 8.65. The summed E-state index contributed by atoms with van der Waals surface area (Å²) in [5, 5.41) is 5.35. The summed E-state index contributed by atoms with van der Waals surface area (Å²) in [5.41, 5.74) is 0.410. The lowest BCUT2D eigenvalue weighted by Gasteiger charge is -2.21. The molecule has 25 heavy (non-hydrogen) atoms. The van der Waals surface area contributed by atoms with E-state index in [4.69, 9.17) is 9.47 Å². The first-order chi connectivity index (χ1) is 12.2. The highest BCUT2D eigenvalue weighted by molar-refractivity contribution is 7.09. The smallest absolute Gasteiger partial charge is 0.270 e. The molecule has 140 valence electrons. The van der Waals surface area contributed by atoms with Crippen LogP contribution in [0.2, 0.25) is 0 Å². The third-order valence-corrected chi connectivity index (χ3v) is 4.77. The van der Waals surface area contributed by atoms with Gasteiger partial charge in [-0.15, -0.1) is 11.3 Å². The fourth-order valence-electron chi connectivity index (χ4n) is 2.42. The summed E-state index contributed by atoms with van der Waals surface area (Å²) in [6, 6.07) is 0. The monoisotopic (exact) mass is 369 g/mol. The number of hydrogen-bond acceptors (Lipinski definition) is 6. The van der Waals surface area contributed by atoms with Crippen LogP contribution in [0.1, 0.15) is 41.2 Å². The number of amides is 2. The van der Waals surface area contributed by atoms with Crippen LogP contribution in [0, 0.1) is 5.92 Å². The van der Waals surface area contributed by atoms with Crippen molar-refractivity contribution >= 4 is 23.2 Å². The number of methoxy groups -OCH3 is 2. The topological polar surface area (TPSA) is 80.8 Å². The number of thiazole rings is 1. The average Bonchev–Trinajstić information content (AvgIpc) is 3.36. The Balaban J connectivity index is 1.87. The molecule has 0 aromatic carbocycles. The van der Waals surface area contributed by atoms with Gasteiger partial charge in [-0.05, 0) is 25.7 Å². The number of hydrogen-bond donors (Lipinski definition) is 1. The Morgan fingerprint density at radius 2 is 2.00 bits per heavy atom. The van der Waals surface area contributed by atoms with E-state index in [1.165, 1.54) is 11.3 Å². The summed E-state index contributed by atoms with van der Waals surface area (Å²) in [6.07, 6.45) is 3.52. The highest BCUT2D eigenvalue weighted by Gasteiger charge is 2.33. The Bertz CT molecular complexity index is 560. The lowest BCUT2D eigenvalue weighted by Crippen LogP contribution is -2.33. The van der Waals surface area contributed by atoms with Gasteiger partial charge in [0.05, 0.1) is 6.54 Å². The molecule has 0 atom stereocenters. The molecule has 1 fully saturated rings. The van der Waals surface area contributed by atoms with Crippen molar-refractivity contribution in [3.8, 4) is 0 Å². The molecule has 1 aliphatic carbocycles. The summed E-state index contributed by atoms with van der Waals surface area (Å²) in [7, 11) is 3.29. The van der Waals surface area contributed by atoms with Crippen molar-refractivity contribution in [2.45, 2.75) is 32.2 Å². The van der Waals surface area contributed by atoms with E-state index in [-0.39, 0.29) is 17.7 Å². The lowest BCUT2D eigenvalue weighted by atomic mass is 10.3. The minimum Gasteiger partial charge on any atom is -0.385 e. The normalized spacial score (nSPS) is 13.7. The maximum Gasteiger partial charge on any atom is 0.270 e. The van der Waals surface area contributed by atoms with Crippen molar-refractivity contribution in [1.82, 2.24) is 15.2 Å². The van der Waals surface area contributed by atoms with E-state index in [0.717, 1.165) is 30.7 Å². The van der Waals surface area contributed by atoms with Crippen LogP contribution in [-0.4, -0.2) is 62.2 Å². The Hall–Kier alpha value is -1.51. The standard InChI is InChI=1S/C17H27N3O4S/c1-23-9-3-7-18-16(21)14-12-25-15(19-14)11-20(8-4-10-24-2)17(22)13-5-6-13/h12-13H,3-11H2,1-2H3,(H,18,21). The van der Waals surface area contributed by atoms with Crippen LogP contribution < -0.4 is 5.32 Å². The Kier molecular flexibility index (Phi) is 8.30. The molecule has 1 aliphatic rings. The summed E-state index contributed by atoms with van der Waals surface area (Å²) in [5.74, 6) is 0.181. The maximum absolute atomic E-state index is 12.4. The third-order valence-electron chi connectivity index (χ3n) is 3.94. The number of nitrogens with zero attached hydrogens (tertiary/aromatic N) is 2. The molecule has 2 amide bonds. The molecule has 7 nitrogen and oxygen atoms in total. The predicted molar refractivity (Wildman–Crippen MR) is 95.6 cm³/mol. The van der Waals surface area contributed by atoms with Crippen molar-refractivity contribution in [3.63, 3.8) is 0 Å². The largest absolute Gasteiger partial charge is 0.385 e. The molecule has 0 saturated heterocycles. The number of rotatable bonds is 12. The molecule has 1 heterocycles. The van der Waals surface area contributed by atoms with E-state index in [1.54, 1.807) is 19.6 Å². The van der Waals surface area contributed by atoms with Gasteiger partial charge in [-0.25, -0.2) is 4.98 Å². The van der Waals surface area contributed by atoms with Crippen molar-refractivity contribution in [1.29, 1.82) is 0 Å². The highest BCUT2D eigenvalue weighted by Crippen LogP contribution is 2.31. The minimum atomic E-state index is -0.182.